The Labute approximate surface area is 315 Å². The molecule has 2 aliphatic carbocycles. The van der Waals surface area contributed by atoms with Crippen LogP contribution in [0.4, 0.5) is 11.4 Å². The molecule has 0 fully saturated rings. The van der Waals surface area contributed by atoms with Crippen LogP contribution in [0.25, 0.3) is 33.4 Å². The van der Waals surface area contributed by atoms with Gasteiger partial charge in [0, 0.05) is 22.5 Å². The first-order valence-corrected chi connectivity index (χ1v) is 18.8. The number of benzene rings is 6. The molecule has 53 heavy (non-hydrogen) atoms. The lowest BCUT2D eigenvalue weighted by molar-refractivity contribution is 0.579. The number of anilines is 2. The van der Waals surface area contributed by atoms with Crippen LogP contribution in [0.15, 0.2) is 212 Å². The summed E-state index contributed by atoms with van der Waals surface area (Å²) in [6.07, 6.45) is 17.7. The molecule has 2 unspecified atom stereocenters. The summed E-state index contributed by atoms with van der Waals surface area (Å²) >= 11 is 0. The van der Waals surface area contributed by atoms with Gasteiger partial charge in [-0.2, -0.15) is 0 Å². The van der Waals surface area contributed by atoms with Crippen molar-refractivity contribution in [3.8, 4) is 22.3 Å². The highest BCUT2D eigenvalue weighted by Crippen LogP contribution is 2.48. The van der Waals surface area contributed by atoms with Gasteiger partial charge in [0.25, 0.3) is 0 Å². The molecule has 6 aromatic rings. The molecule has 8 rings (SSSR count). The molecule has 0 saturated carbocycles. The van der Waals surface area contributed by atoms with E-state index in [-0.39, 0.29) is 5.41 Å². The number of hydrogen-bond donors (Lipinski definition) is 0. The number of hydrogen-bond acceptors (Lipinski definition) is 1. The zero-order valence-electron chi connectivity index (χ0n) is 30.6. The van der Waals surface area contributed by atoms with Crippen LogP contribution in [0.1, 0.15) is 43.4 Å². The fourth-order valence-corrected chi connectivity index (χ4v) is 7.87. The Morgan fingerprint density at radius 1 is 0.528 bits per heavy atom. The van der Waals surface area contributed by atoms with Gasteiger partial charge < -0.3 is 4.90 Å². The summed E-state index contributed by atoms with van der Waals surface area (Å²) in [6, 6.07) is 59.6. The minimum absolute atomic E-state index is 0.148. The van der Waals surface area contributed by atoms with E-state index in [0.717, 1.165) is 18.5 Å². The molecule has 0 amide bonds. The molecular weight excluding hydrogens is 639 g/mol. The Balaban J connectivity index is 1.15. The molecule has 0 spiro atoms. The van der Waals surface area contributed by atoms with Gasteiger partial charge in [-0.15, -0.1) is 0 Å². The molecule has 0 N–H and O–H groups in total. The van der Waals surface area contributed by atoms with E-state index in [1.165, 1.54) is 61.5 Å². The Hall–Kier alpha value is -6.18. The van der Waals surface area contributed by atoms with Gasteiger partial charge in [-0.3, -0.25) is 0 Å². The molecule has 0 heterocycles. The monoisotopic (exact) mass is 683 g/mol. The van der Waals surface area contributed by atoms with Crippen molar-refractivity contribution in [2.75, 3.05) is 4.90 Å². The van der Waals surface area contributed by atoms with Gasteiger partial charge in [-0.05, 0) is 99.2 Å². The maximum Gasteiger partial charge on any atom is 0.0458 e. The summed E-state index contributed by atoms with van der Waals surface area (Å²) in [4.78, 5) is 2.42. The minimum Gasteiger partial charge on any atom is -0.314 e. The second-order valence-electron chi connectivity index (χ2n) is 14.5. The Bertz CT molecular complexity index is 2310. The molecule has 258 valence electrons. The Morgan fingerprint density at radius 2 is 1.02 bits per heavy atom. The van der Waals surface area contributed by atoms with E-state index in [1.54, 1.807) is 0 Å². The van der Waals surface area contributed by atoms with Crippen LogP contribution < -0.4 is 4.90 Å². The van der Waals surface area contributed by atoms with E-state index in [4.69, 9.17) is 0 Å². The highest BCUT2D eigenvalue weighted by molar-refractivity contribution is 6.01. The first-order chi connectivity index (χ1) is 26.1. The van der Waals surface area contributed by atoms with Gasteiger partial charge in [0.2, 0.25) is 0 Å². The van der Waals surface area contributed by atoms with Gasteiger partial charge in [0.15, 0.2) is 0 Å². The zero-order valence-corrected chi connectivity index (χ0v) is 30.6. The van der Waals surface area contributed by atoms with E-state index in [0.29, 0.717) is 5.92 Å². The third-order valence-electron chi connectivity index (χ3n) is 10.6. The first kappa shape index (κ1) is 33.9. The Morgan fingerprint density at radius 3 is 1.55 bits per heavy atom. The van der Waals surface area contributed by atoms with Gasteiger partial charge in [-0.25, -0.2) is 0 Å². The SMILES string of the molecule is CC1C=CC=C(N(c2ccc(-c3ccccc3)cc2)c2ccc(-c3ccc(/C(=C(/c4ccccc4)C4(C)C=CC=CC4)c4ccccc4)cc3)cc2)C1. The van der Waals surface area contributed by atoms with Gasteiger partial charge in [0.05, 0.1) is 0 Å². The summed E-state index contributed by atoms with van der Waals surface area (Å²) < 4.78 is 0. The van der Waals surface area contributed by atoms with Crippen LogP contribution in [-0.4, -0.2) is 0 Å². The molecule has 0 aliphatic heterocycles. The molecule has 6 aromatic carbocycles. The normalized spacial score (nSPS) is 18.3. The van der Waals surface area contributed by atoms with Crippen LogP contribution in [0, 0.1) is 11.3 Å². The second kappa shape index (κ2) is 15.2. The van der Waals surface area contributed by atoms with E-state index in [9.17, 15) is 0 Å². The summed E-state index contributed by atoms with van der Waals surface area (Å²) in [6.45, 7) is 4.66. The minimum atomic E-state index is -0.148. The van der Waals surface area contributed by atoms with Crippen molar-refractivity contribution < 1.29 is 0 Å². The predicted octanol–water partition coefficient (Wildman–Crippen LogP) is 14.1. The summed E-state index contributed by atoms with van der Waals surface area (Å²) in [7, 11) is 0. The lowest BCUT2D eigenvalue weighted by Crippen LogP contribution is -2.19. The fourth-order valence-electron chi connectivity index (χ4n) is 7.87. The Kier molecular flexibility index (Phi) is 9.73. The lowest BCUT2D eigenvalue weighted by atomic mass is 9.70. The van der Waals surface area contributed by atoms with Crippen LogP contribution in [0.2, 0.25) is 0 Å². The maximum absolute atomic E-state index is 2.42. The molecule has 1 nitrogen and oxygen atoms in total. The van der Waals surface area contributed by atoms with Gasteiger partial charge in [-0.1, -0.05) is 190 Å². The van der Waals surface area contributed by atoms with E-state index < -0.39 is 0 Å². The molecule has 2 aliphatic rings. The smallest absolute Gasteiger partial charge is 0.0458 e. The number of rotatable bonds is 9. The highest BCUT2D eigenvalue weighted by atomic mass is 15.1. The second-order valence-corrected chi connectivity index (χ2v) is 14.5. The van der Waals surface area contributed by atoms with Crippen molar-refractivity contribution in [1.29, 1.82) is 0 Å². The van der Waals surface area contributed by atoms with Crippen LogP contribution in [0.5, 0.6) is 0 Å². The molecule has 2 atom stereocenters. The van der Waals surface area contributed by atoms with Gasteiger partial charge in [0.1, 0.15) is 0 Å². The summed E-state index contributed by atoms with van der Waals surface area (Å²) in [5, 5.41) is 0. The van der Waals surface area contributed by atoms with Crippen molar-refractivity contribution in [3.63, 3.8) is 0 Å². The van der Waals surface area contributed by atoms with Crippen LogP contribution in [0.3, 0.4) is 0 Å². The average molecular weight is 684 g/mol. The molecule has 0 radical (unpaired) electrons. The molecule has 0 bridgehead atoms. The molecular formula is C52H45N. The maximum atomic E-state index is 2.42. The number of nitrogens with zero attached hydrogens (tertiary/aromatic N) is 1. The molecule has 0 saturated heterocycles. The van der Waals surface area contributed by atoms with Crippen LogP contribution in [-0.2, 0) is 0 Å². The lowest BCUT2D eigenvalue weighted by Gasteiger charge is -2.33. The van der Waals surface area contributed by atoms with Crippen molar-refractivity contribution in [1.82, 2.24) is 0 Å². The summed E-state index contributed by atoms with van der Waals surface area (Å²) in [5.41, 5.74) is 14.7. The van der Waals surface area contributed by atoms with E-state index >= 15 is 0 Å². The third-order valence-corrected chi connectivity index (χ3v) is 10.6. The van der Waals surface area contributed by atoms with Crippen molar-refractivity contribution in [2.24, 2.45) is 11.3 Å². The highest BCUT2D eigenvalue weighted by Gasteiger charge is 2.31. The molecule has 0 aromatic heterocycles. The van der Waals surface area contributed by atoms with Gasteiger partial charge >= 0.3 is 0 Å². The first-order valence-electron chi connectivity index (χ1n) is 18.8. The van der Waals surface area contributed by atoms with E-state index in [1.807, 2.05) is 0 Å². The topological polar surface area (TPSA) is 3.24 Å². The molecule has 1 heteroatoms. The van der Waals surface area contributed by atoms with Crippen molar-refractivity contribution >= 4 is 22.5 Å². The predicted molar refractivity (Wildman–Crippen MR) is 227 cm³/mol. The third kappa shape index (κ3) is 7.30. The van der Waals surface area contributed by atoms with Crippen molar-refractivity contribution in [3.05, 3.63) is 229 Å². The summed E-state index contributed by atoms with van der Waals surface area (Å²) in [5.74, 6) is 0.490. The van der Waals surface area contributed by atoms with Crippen LogP contribution >= 0.6 is 0 Å². The zero-order chi connectivity index (χ0) is 36.0. The van der Waals surface area contributed by atoms with Crippen molar-refractivity contribution in [2.45, 2.75) is 26.7 Å². The fraction of sp³-hybridized carbons (Fsp3) is 0.115. The number of allylic oxidation sites excluding steroid dienone is 9. The largest absolute Gasteiger partial charge is 0.314 e. The van der Waals surface area contributed by atoms with E-state index in [2.05, 4.69) is 225 Å². The quantitative estimate of drug-likeness (QED) is 0.137. The standard InChI is InChI=1S/C52H45N/c1-39-16-15-23-49(38-39)53(47-32-28-42(29-33-47)40-17-7-3-8-18-40)48-34-30-43(31-35-48)41-24-26-45(27-25-41)50(44-19-9-4-10-20-44)51(46-21-11-5-12-22-46)52(2)36-13-6-14-37-52/h3-36,39H,37-38H2,1-2H3/b51-50-. The average Bonchev–Trinajstić information content (AvgIpc) is 3.22.